The molecule has 2 aromatic carbocycles. The largest absolute Gasteiger partial charge is 0.452 e. The predicted octanol–water partition coefficient (Wildman–Crippen LogP) is 4.71. The number of halogens is 1. The molecule has 2 aromatic rings. The zero-order valence-corrected chi connectivity index (χ0v) is 16.4. The van der Waals surface area contributed by atoms with Crippen LogP contribution in [0, 0.1) is 0 Å². The Kier molecular flexibility index (Phi) is 4.29. The van der Waals surface area contributed by atoms with Crippen LogP contribution in [0.1, 0.15) is 31.0 Å². The van der Waals surface area contributed by atoms with Gasteiger partial charge in [0.1, 0.15) is 11.4 Å². The fourth-order valence-electron chi connectivity index (χ4n) is 3.40. The van der Waals surface area contributed by atoms with E-state index in [2.05, 4.69) is 65.6 Å². The number of aliphatic imine (C=N–C) groups is 1. The first-order valence-corrected chi connectivity index (χ1v) is 9.62. The van der Waals surface area contributed by atoms with Crippen molar-refractivity contribution < 1.29 is 4.74 Å². The number of anilines is 1. The fraction of sp³-hybridized carbons (Fsp3) is 0.250. The smallest absolute Gasteiger partial charge is 0.164 e. The third-order valence-corrected chi connectivity index (χ3v) is 5.93. The molecule has 1 atom stereocenters. The van der Waals surface area contributed by atoms with Crippen molar-refractivity contribution in [3.63, 3.8) is 0 Å². The van der Waals surface area contributed by atoms with Crippen molar-refractivity contribution in [1.29, 1.82) is 0 Å². The molecule has 1 aliphatic carbocycles. The summed E-state index contributed by atoms with van der Waals surface area (Å²) in [6.45, 7) is 6.23. The number of allylic oxidation sites excluding steroid dienone is 1. The van der Waals surface area contributed by atoms with Crippen LogP contribution in [0.5, 0.6) is 5.75 Å². The average Bonchev–Trinajstić information content (AvgIpc) is 2.66. The minimum Gasteiger partial charge on any atom is -0.452 e. The van der Waals surface area contributed by atoms with Crippen molar-refractivity contribution in [3.8, 4) is 5.75 Å². The lowest BCUT2D eigenvalue weighted by Crippen LogP contribution is -2.28. The molecular weight excluding hydrogens is 425 g/mol. The maximum Gasteiger partial charge on any atom is 0.164 e. The van der Waals surface area contributed by atoms with Crippen molar-refractivity contribution in [2.45, 2.75) is 19.9 Å². The Morgan fingerprint density at radius 3 is 2.68 bits per heavy atom. The van der Waals surface area contributed by atoms with Crippen LogP contribution in [0.15, 0.2) is 56.8 Å². The highest BCUT2D eigenvalue weighted by Crippen LogP contribution is 2.44. The molecule has 0 saturated heterocycles. The van der Waals surface area contributed by atoms with E-state index in [-0.39, 0.29) is 6.04 Å². The Morgan fingerprint density at radius 2 is 1.92 bits per heavy atom. The SMILES string of the molecule is CCN(CC)c1ccc2c(c1)OC1=C(I)C(N)c3ccccc3C1=N2. The third-order valence-electron chi connectivity index (χ3n) is 4.77. The molecule has 2 aliphatic rings. The highest BCUT2D eigenvalue weighted by Gasteiger charge is 2.33. The summed E-state index contributed by atoms with van der Waals surface area (Å²) < 4.78 is 7.28. The molecule has 1 aliphatic heterocycles. The molecule has 0 bridgehead atoms. The van der Waals surface area contributed by atoms with Crippen LogP contribution in [0.2, 0.25) is 0 Å². The summed E-state index contributed by atoms with van der Waals surface area (Å²) in [5.41, 5.74) is 11.5. The molecule has 5 heteroatoms. The summed E-state index contributed by atoms with van der Waals surface area (Å²) in [7, 11) is 0. The van der Waals surface area contributed by atoms with E-state index in [1.54, 1.807) is 0 Å². The van der Waals surface area contributed by atoms with Crippen molar-refractivity contribution in [1.82, 2.24) is 0 Å². The zero-order valence-electron chi connectivity index (χ0n) is 14.3. The summed E-state index contributed by atoms with van der Waals surface area (Å²) in [6, 6.07) is 14.2. The van der Waals surface area contributed by atoms with Crippen LogP contribution in [-0.4, -0.2) is 18.8 Å². The van der Waals surface area contributed by atoms with Crippen LogP contribution < -0.4 is 15.4 Å². The van der Waals surface area contributed by atoms with Crippen LogP contribution >= 0.6 is 22.6 Å². The molecule has 0 radical (unpaired) electrons. The number of hydrogen-bond acceptors (Lipinski definition) is 4. The lowest BCUT2D eigenvalue weighted by molar-refractivity contribution is 0.443. The van der Waals surface area contributed by atoms with E-state index < -0.39 is 0 Å². The van der Waals surface area contributed by atoms with E-state index >= 15 is 0 Å². The summed E-state index contributed by atoms with van der Waals surface area (Å²) in [5.74, 6) is 1.58. The van der Waals surface area contributed by atoms with E-state index in [4.69, 9.17) is 15.5 Å². The minimum absolute atomic E-state index is 0.168. The Balaban J connectivity index is 1.86. The van der Waals surface area contributed by atoms with Crippen LogP contribution in [-0.2, 0) is 0 Å². The molecule has 0 spiro atoms. The first-order valence-electron chi connectivity index (χ1n) is 8.54. The van der Waals surface area contributed by atoms with E-state index in [1.807, 2.05) is 18.2 Å². The lowest BCUT2D eigenvalue weighted by Gasteiger charge is -2.30. The van der Waals surface area contributed by atoms with Gasteiger partial charge in [-0.2, -0.15) is 0 Å². The predicted molar refractivity (Wildman–Crippen MR) is 111 cm³/mol. The van der Waals surface area contributed by atoms with Crippen molar-refractivity contribution in [2.24, 2.45) is 10.7 Å². The average molecular weight is 445 g/mol. The number of rotatable bonds is 3. The van der Waals surface area contributed by atoms with Gasteiger partial charge in [-0.1, -0.05) is 24.3 Å². The summed E-state index contributed by atoms with van der Waals surface area (Å²) in [4.78, 5) is 7.20. The fourth-order valence-corrected chi connectivity index (χ4v) is 4.10. The molecule has 2 N–H and O–H groups in total. The summed E-state index contributed by atoms with van der Waals surface area (Å²) in [5, 5.41) is 0. The van der Waals surface area contributed by atoms with E-state index in [0.29, 0.717) is 0 Å². The quantitative estimate of drug-likeness (QED) is 0.697. The highest BCUT2D eigenvalue weighted by molar-refractivity contribution is 14.1. The van der Waals surface area contributed by atoms with Gasteiger partial charge in [-0.3, -0.25) is 0 Å². The van der Waals surface area contributed by atoms with Crippen molar-refractivity contribution in [3.05, 3.63) is 62.9 Å². The Hall–Kier alpha value is -1.86. The van der Waals surface area contributed by atoms with Gasteiger partial charge in [-0.15, -0.1) is 0 Å². The molecular formula is C20H20IN3O. The second-order valence-electron chi connectivity index (χ2n) is 6.13. The first kappa shape index (κ1) is 16.6. The number of nitrogens with two attached hydrogens (primary N) is 1. The molecule has 0 amide bonds. The first-order chi connectivity index (χ1) is 12.1. The molecule has 4 nitrogen and oxygen atoms in total. The van der Waals surface area contributed by atoms with Gasteiger partial charge < -0.3 is 15.4 Å². The maximum absolute atomic E-state index is 6.43. The maximum atomic E-state index is 6.43. The topological polar surface area (TPSA) is 50.9 Å². The van der Waals surface area contributed by atoms with Gasteiger partial charge in [0.25, 0.3) is 0 Å². The third kappa shape index (κ3) is 2.66. The normalized spacial score (nSPS) is 17.9. The Labute approximate surface area is 161 Å². The second-order valence-corrected chi connectivity index (χ2v) is 7.29. The number of benzene rings is 2. The molecule has 1 unspecified atom stereocenters. The number of nitrogens with zero attached hydrogens (tertiary/aromatic N) is 2. The van der Waals surface area contributed by atoms with Gasteiger partial charge >= 0.3 is 0 Å². The van der Waals surface area contributed by atoms with E-state index in [1.165, 1.54) is 0 Å². The molecule has 1 heterocycles. The van der Waals surface area contributed by atoms with Gasteiger partial charge in [0.15, 0.2) is 11.5 Å². The van der Waals surface area contributed by atoms with Crippen LogP contribution in [0.25, 0.3) is 0 Å². The number of ether oxygens (including phenoxy) is 1. The Bertz CT molecular complexity index is 900. The van der Waals surface area contributed by atoms with Crippen molar-refractivity contribution >= 4 is 39.7 Å². The monoisotopic (exact) mass is 445 g/mol. The molecule has 0 aromatic heterocycles. The molecule has 0 fully saturated rings. The summed E-state index contributed by atoms with van der Waals surface area (Å²) >= 11 is 2.29. The van der Waals surface area contributed by atoms with E-state index in [9.17, 15) is 0 Å². The van der Waals surface area contributed by atoms with Gasteiger partial charge in [-0.25, -0.2) is 4.99 Å². The second kappa shape index (κ2) is 6.46. The summed E-state index contributed by atoms with van der Waals surface area (Å²) in [6.07, 6.45) is 0. The van der Waals surface area contributed by atoms with Gasteiger partial charge in [-0.05, 0) is 54.1 Å². The molecule has 4 rings (SSSR count). The lowest BCUT2D eigenvalue weighted by atomic mass is 9.90. The number of fused-ring (bicyclic) bond motifs is 4. The zero-order chi connectivity index (χ0) is 17.6. The van der Waals surface area contributed by atoms with Crippen molar-refractivity contribution in [2.75, 3.05) is 18.0 Å². The standard InChI is InChI=1S/C20H20IN3O/c1-3-24(4-2)12-9-10-15-16(11-12)25-20-17(21)18(22)13-7-5-6-8-14(13)19(20)23-15/h5-11,18H,3-4,22H2,1-2H3. The highest BCUT2D eigenvalue weighted by atomic mass is 127. The van der Waals surface area contributed by atoms with Gasteiger partial charge in [0.2, 0.25) is 0 Å². The number of hydrogen-bond donors (Lipinski definition) is 1. The minimum atomic E-state index is -0.168. The van der Waals surface area contributed by atoms with Gasteiger partial charge in [0.05, 0.1) is 9.62 Å². The van der Waals surface area contributed by atoms with Gasteiger partial charge in [0, 0.05) is 30.4 Å². The van der Waals surface area contributed by atoms with E-state index in [0.717, 1.165) is 56.4 Å². The van der Waals surface area contributed by atoms with Crippen LogP contribution in [0.3, 0.4) is 0 Å². The molecule has 0 saturated carbocycles. The Morgan fingerprint density at radius 1 is 1.16 bits per heavy atom. The molecule has 128 valence electrons. The van der Waals surface area contributed by atoms with Crippen LogP contribution in [0.4, 0.5) is 11.4 Å². The molecule has 25 heavy (non-hydrogen) atoms.